The second kappa shape index (κ2) is 7.82. The van der Waals surface area contributed by atoms with Gasteiger partial charge in [0, 0.05) is 11.1 Å². The fourth-order valence-electron chi connectivity index (χ4n) is 3.11. The van der Waals surface area contributed by atoms with E-state index in [9.17, 15) is 0 Å². The van der Waals surface area contributed by atoms with E-state index in [1.807, 2.05) is 72.8 Å². The fourth-order valence-corrected chi connectivity index (χ4v) is 3.51. The van der Waals surface area contributed by atoms with E-state index < -0.39 is 0 Å². The Morgan fingerprint density at radius 2 is 1.70 bits per heavy atom. The summed E-state index contributed by atoms with van der Waals surface area (Å²) in [5.41, 5.74) is 3.93. The number of hydrogen-bond acceptors (Lipinski definition) is 4. The van der Waals surface area contributed by atoms with Crippen LogP contribution in [0.1, 0.15) is 5.76 Å². The predicted molar refractivity (Wildman–Crippen MR) is 121 cm³/mol. The van der Waals surface area contributed by atoms with Crippen LogP contribution in [0.2, 0.25) is 10.0 Å². The molecule has 0 radical (unpaired) electrons. The third-order valence-corrected chi connectivity index (χ3v) is 5.39. The average molecular weight is 433 g/mol. The summed E-state index contributed by atoms with van der Waals surface area (Å²) in [6, 6.07) is 24.5. The first-order chi connectivity index (χ1) is 14.7. The summed E-state index contributed by atoms with van der Waals surface area (Å²) in [5.74, 6) is 1.79. The van der Waals surface area contributed by atoms with Crippen LogP contribution in [-0.2, 0) is 0 Å². The molecule has 2 aromatic heterocycles. The molecule has 0 aliphatic rings. The smallest absolute Gasteiger partial charge is 0.227 e. The van der Waals surface area contributed by atoms with Gasteiger partial charge in [0.15, 0.2) is 5.58 Å². The maximum Gasteiger partial charge on any atom is 0.227 e. The zero-order valence-corrected chi connectivity index (χ0v) is 17.1. The normalized spacial score (nSPS) is 11.5. The van der Waals surface area contributed by atoms with Gasteiger partial charge in [-0.3, -0.25) is 4.99 Å². The number of nitrogens with zero attached hydrogens (tertiary/aromatic N) is 2. The molecule has 0 unspecified atom stereocenters. The average Bonchev–Trinajstić information content (AvgIpc) is 3.41. The number of fused-ring (bicyclic) bond motifs is 1. The summed E-state index contributed by atoms with van der Waals surface area (Å²) < 4.78 is 11.7. The van der Waals surface area contributed by atoms with Gasteiger partial charge < -0.3 is 8.83 Å². The molecule has 30 heavy (non-hydrogen) atoms. The molecule has 0 bridgehead atoms. The molecule has 3 aromatic carbocycles. The molecular formula is C24H14Cl2N2O2. The van der Waals surface area contributed by atoms with Crippen molar-refractivity contribution < 1.29 is 8.83 Å². The van der Waals surface area contributed by atoms with E-state index >= 15 is 0 Å². The van der Waals surface area contributed by atoms with E-state index in [1.165, 1.54) is 0 Å². The van der Waals surface area contributed by atoms with Crippen molar-refractivity contribution in [3.8, 4) is 22.8 Å². The van der Waals surface area contributed by atoms with Gasteiger partial charge in [-0.1, -0.05) is 47.5 Å². The lowest BCUT2D eigenvalue weighted by Crippen LogP contribution is -1.79. The van der Waals surface area contributed by atoms with Crippen LogP contribution < -0.4 is 0 Å². The molecule has 0 amide bonds. The molecule has 0 aliphatic heterocycles. The molecule has 6 heteroatoms. The lowest BCUT2D eigenvalue weighted by Gasteiger charge is -2.01. The van der Waals surface area contributed by atoms with Gasteiger partial charge in [0.05, 0.1) is 21.9 Å². The number of para-hydroxylation sites is 2. The van der Waals surface area contributed by atoms with Gasteiger partial charge in [0.1, 0.15) is 17.0 Å². The van der Waals surface area contributed by atoms with Crippen LogP contribution in [-0.4, -0.2) is 11.2 Å². The van der Waals surface area contributed by atoms with Crippen molar-refractivity contribution in [3.63, 3.8) is 0 Å². The highest BCUT2D eigenvalue weighted by Gasteiger charge is 2.11. The SMILES string of the molecule is Clc1cccc(-c2ccc(C=Nc3cccc(-c4nc5ccccc5o4)c3)o2)c1Cl. The first kappa shape index (κ1) is 18.7. The minimum atomic E-state index is 0.461. The Kier molecular flexibility index (Phi) is 4.87. The summed E-state index contributed by atoms with van der Waals surface area (Å²) in [6.45, 7) is 0. The molecule has 2 heterocycles. The number of halogens is 2. The Bertz CT molecular complexity index is 1350. The zero-order chi connectivity index (χ0) is 20.5. The largest absolute Gasteiger partial charge is 0.455 e. The maximum atomic E-state index is 6.27. The summed E-state index contributed by atoms with van der Waals surface area (Å²) in [6.07, 6.45) is 1.66. The number of benzene rings is 3. The monoisotopic (exact) mass is 432 g/mol. The van der Waals surface area contributed by atoms with Gasteiger partial charge in [0.2, 0.25) is 5.89 Å². The van der Waals surface area contributed by atoms with Crippen molar-refractivity contribution in [3.05, 3.63) is 94.7 Å². The second-order valence-electron chi connectivity index (χ2n) is 6.60. The Morgan fingerprint density at radius 1 is 0.833 bits per heavy atom. The molecule has 5 rings (SSSR count). The third kappa shape index (κ3) is 3.63. The highest BCUT2D eigenvalue weighted by Crippen LogP contribution is 2.34. The van der Waals surface area contributed by atoms with Crippen molar-refractivity contribution in [1.29, 1.82) is 0 Å². The minimum absolute atomic E-state index is 0.461. The molecule has 5 aromatic rings. The number of oxazole rings is 1. The lowest BCUT2D eigenvalue weighted by atomic mass is 10.2. The van der Waals surface area contributed by atoms with Crippen LogP contribution in [0.5, 0.6) is 0 Å². The first-order valence-corrected chi connectivity index (χ1v) is 9.97. The van der Waals surface area contributed by atoms with Crippen molar-refractivity contribution in [2.24, 2.45) is 4.99 Å². The number of aromatic nitrogens is 1. The number of aliphatic imine (C=N–C) groups is 1. The maximum absolute atomic E-state index is 6.27. The molecular weight excluding hydrogens is 419 g/mol. The van der Waals surface area contributed by atoms with E-state index in [0.717, 1.165) is 27.9 Å². The summed E-state index contributed by atoms with van der Waals surface area (Å²) >= 11 is 12.4. The highest BCUT2D eigenvalue weighted by molar-refractivity contribution is 6.43. The van der Waals surface area contributed by atoms with E-state index in [-0.39, 0.29) is 0 Å². The topological polar surface area (TPSA) is 51.5 Å². The lowest BCUT2D eigenvalue weighted by molar-refractivity contribution is 0.575. The molecule has 0 atom stereocenters. The number of furan rings is 1. The van der Waals surface area contributed by atoms with Gasteiger partial charge >= 0.3 is 0 Å². The van der Waals surface area contributed by atoms with Crippen molar-refractivity contribution in [1.82, 2.24) is 4.98 Å². The van der Waals surface area contributed by atoms with E-state index in [0.29, 0.717) is 27.5 Å². The van der Waals surface area contributed by atoms with Crippen LogP contribution in [0.15, 0.2) is 92.7 Å². The Balaban J connectivity index is 1.41. The molecule has 4 nitrogen and oxygen atoms in total. The fraction of sp³-hybridized carbons (Fsp3) is 0. The van der Waals surface area contributed by atoms with Crippen molar-refractivity contribution in [2.75, 3.05) is 0 Å². The molecule has 0 saturated heterocycles. The van der Waals surface area contributed by atoms with Gasteiger partial charge in [-0.25, -0.2) is 4.98 Å². The van der Waals surface area contributed by atoms with E-state index in [2.05, 4.69) is 9.98 Å². The standard InChI is InChI=1S/C24H14Cl2N2O2/c25-19-8-4-7-18(23(19)26)21-12-11-17(29-21)14-27-16-6-3-5-15(13-16)24-28-20-9-1-2-10-22(20)30-24/h1-14H. The van der Waals surface area contributed by atoms with Gasteiger partial charge in [-0.05, 0) is 54.6 Å². The molecule has 0 saturated carbocycles. The van der Waals surface area contributed by atoms with Crippen LogP contribution in [0.25, 0.3) is 33.9 Å². The van der Waals surface area contributed by atoms with Crippen LogP contribution in [0, 0.1) is 0 Å². The third-order valence-electron chi connectivity index (χ3n) is 4.57. The molecule has 0 aliphatic carbocycles. The number of rotatable bonds is 4. The molecule has 0 fully saturated rings. The molecule has 146 valence electrons. The Hall–Kier alpha value is -3.34. The summed E-state index contributed by atoms with van der Waals surface area (Å²) in [5, 5.41) is 0.944. The van der Waals surface area contributed by atoms with Crippen LogP contribution >= 0.6 is 23.2 Å². The van der Waals surface area contributed by atoms with Gasteiger partial charge in [-0.2, -0.15) is 0 Å². The van der Waals surface area contributed by atoms with Crippen LogP contribution in [0.4, 0.5) is 5.69 Å². The first-order valence-electron chi connectivity index (χ1n) is 9.22. The van der Waals surface area contributed by atoms with Crippen molar-refractivity contribution >= 4 is 46.2 Å². The highest BCUT2D eigenvalue weighted by atomic mass is 35.5. The van der Waals surface area contributed by atoms with Crippen molar-refractivity contribution in [2.45, 2.75) is 0 Å². The Labute approximate surface area is 182 Å². The second-order valence-corrected chi connectivity index (χ2v) is 7.38. The molecule has 0 spiro atoms. The van der Waals surface area contributed by atoms with Crippen LogP contribution in [0.3, 0.4) is 0 Å². The quantitative estimate of drug-likeness (QED) is 0.272. The van der Waals surface area contributed by atoms with Gasteiger partial charge in [-0.15, -0.1) is 0 Å². The Morgan fingerprint density at radius 3 is 2.60 bits per heavy atom. The van der Waals surface area contributed by atoms with E-state index in [1.54, 1.807) is 12.3 Å². The summed E-state index contributed by atoms with van der Waals surface area (Å²) in [4.78, 5) is 9.05. The molecule has 0 N–H and O–H groups in total. The predicted octanol–water partition coefficient (Wildman–Crippen LogP) is 7.81. The number of hydrogen-bond donors (Lipinski definition) is 0. The van der Waals surface area contributed by atoms with Gasteiger partial charge in [0.25, 0.3) is 0 Å². The summed E-state index contributed by atoms with van der Waals surface area (Å²) in [7, 11) is 0. The zero-order valence-electron chi connectivity index (χ0n) is 15.5. The minimum Gasteiger partial charge on any atom is -0.455 e. The van der Waals surface area contributed by atoms with E-state index in [4.69, 9.17) is 32.0 Å².